The fourth-order valence-corrected chi connectivity index (χ4v) is 2.65. The predicted octanol–water partition coefficient (Wildman–Crippen LogP) is 2.81. The standard InChI is InChI=1S/C15H24N2/c1-3-12-7-9-14(10-8-12)17(2)15(11-16)13-5-4-6-13/h7-10,13,15H,3-6,11,16H2,1-2H3. The highest BCUT2D eigenvalue weighted by atomic mass is 15.1. The van der Waals surface area contributed by atoms with Gasteiger partial charge >= 0.3 is 0 Å². The smallest absolute Gasteiger partial charge is 0.0437 e. The number of anilines is 1. The van der Waals surface area contributed by atoms with Gasteiger partial charge in [-0.25, -0.2) is 0 Å². The molecule has 0 radical (unpaired) electrons. The van der Waals surface area contributed by atoms with Gasteiger partial charge in [0, 0.05) is 25.3 Å². The van der Waals surface area contributed by atoms with E-state index < -0.39 is 0 Å². The summed E-state index contributed by atoms with van der Waals surface area (Å²) in [5.74, 6) is 0.802. The highest BCUT2D eigenvalue weighted by Crippen LogP contribution is 2.33. The molecule has 0 saturated heterocycles. The van der Waals surface area contributed by atoms with Gasteiger partial charge in [0.05, 0.1) is 0 Å². The molecule has 0 spiro atoms. The summed E-state index contributed by atoms with van der Waals surface area (Å²) in [6.45, 7) is 2.95. The molecule has 94 valence electrons. The lowest BCUT2D eigenvalue weighted by molar-refractivity contribution is 0.260. The lowest BCUT2D eigenvalue weighted by Crippen LogP contribution is -2.46. The van der Waals surface area contributed by atoms with Gasteiger partial charge in [0.25, 0.3) is 0 Å². The van der Waals surface area contributed by atoms with Crippen LogP contribution < -0.4 is 10.6 Å². The molecule has 2 heteroatoms. The van der Waals surface area contributed by atoms with Crippen molar-refractivity contribution in [2.24, 2.45) is 11.7 Å². The highest BCUT2D eigenvalue weighted by Gasteiger charge is 2.29. The minimum absolute atomic E-state index is 0.510. The Labute approximate surface area is 105 Å². The van der Waals surface area contributed by atoms with Crippen molar-refractivity contribution in [3.8, 4) is 0 Å². The summed E-state index contributed by atoms with van der Waals surface area (Å²) in [6.07, 6.45) is 5.18. The Morgan fingerprint density at radius 2 is 1.94 bits per heavy atom. The number of aryl methyl sites for hydroxylation is 1. The van der Waals surface area contributed by atoms with Crippen LogP contribution in [-0.4, -0.2) is 19.6 Å². The van der Waals surface area contributed by atoms with Gasteiger partial charge in [-0.1, -0.05) is 25.5 Å². The molecular weight excluding hydrogens is 208 g/mol. The fraction of sp³-hybridized carbons (Fsp3) is 0.600. The van der Waals surface area contributed by atoms with E-state index in [0.717, 1.165) is 18.9 Å². The Balaban J connectivity index is 2.07. The van der Waals surface area contributed by atoms with E-state index in [-0.39, 0.29) is 0 Å². The van der Waals surface area contributed by atoms with Crippen LogP contribution in [-0.2, 0) is 6.42 Å². The van der Waals surface area contributed by atoms with Crippen LogP contribution in [0.4, 0.5) is 5.69 Å². The first-order valence-corrected chi connectivity index (χ1v) is 6.78. The molecule has 0 heterocycles. The van der Waals surface area contributed by atoms with E-state index >= 15 is 0 Å². The van der Waals surface area contributed by atoms with Gasteiger partial charge in [-0.05, 0) is 42.9 Å². The summed E-state index contributed by atoms with van der Waals surface area (Å²) in [7, 11) is 2.18. The maximum atomic E-state index is 5.94. The van der Waals surface area contributed by atoms with Gasteiger partial charge in [-0.2, -0.15) is 0 Å². The molecule has 1 atom stereocenters. The maximum absolute atomic E-state index is 5.94. The zero-order chi connectivity index (χ0) is 12.3. The Kier molecular flexibility index (Phi) is 4.06. The van der Waals surface area contributed by atoms with Crippen LogP contribution >= 0.6 is 0 Å². The van der Waals surface area contributed by atoms with Gasteiger partial charge in [-0.15, -0.1) is 0 Å². The number of nitrogens with zero attached hydrogens (tertiary/aromatic N) is 1. The number of benzene rings is 1. The molecule has 1 saturated carbocycles. The Bertz CT molecular complexity index is 340. The average Bonchev–Trinajstić information content (AvgIpc) is 2.32. The van der Waals surface area contributed by atoms with Crippen molar-refractivity contribution in [1.82, 2.24) is 0 Å². The molecular formula is C15H24N2. The molecule has 1 aliphatic rings. The minimum atomic E-state index is 0.510. The van der Waals surface area contributed by atoms with Crippen molar-refractivity contribution in [1.29, 1.82) is 0 Å². The third-order valence-electron chi connectivity index (χ3n) is 4.18. The summed E-state index contributed by atoms with van der Waals surface area (Å²) in [5, 5.41) is 0. The Morgan fingerprint density at radius 1 is 1.29 bits per heavy atom. The quantitative estimate of drug-likeness (QED) is 0.846. The summed E-state index contributed by atoms with van der Waals surface area (Å²) < 4.78 is 0. The van der Waals surface area contributed by atoms with Crippen LogP contribution in [0.5, 0.6) is 0 Å². The largest absolute Gasteiger partial charge is 0.370 e. The summed E-state index contributed by atoms with van der Waals surface area (Å²) in [6, 6.07) is 9.40. The second kappa shape index (κ2) is 5.54. The van der Waals surface area contributed by atoms with E-state index in [9.17, 15) is 0 Å². The lowest BCUT2D eigenvalue weighted by atomic mass is 9.79. The maximum Gasteiger partial charge on any atom is 0.0437 e. The topological polar surface area (TPSA) is 29.3 Å². The van der Waals surface area contributed by atoms with E-state index in [0.29, 0.717) is 6.04 Å². The molecule has 1 aromatic carbocycles. The van der Waals surface area contributed by atoms with Crippen molar-refractivity contribution in [2.45, 2.75) is 38.6 Å². The third kappa shape index (κ3) is 2.63. The Hall–Kier alpha value is -1.02. The van der Waals surface area contributed by atoms with Crippen molar-refractivity contribution in [3.05, 3.63) is 29.8 Å². The van der Waals surface area contributed by atoms with Crippen LogP contribution in [0.3, 0.4) is 0 Å². The molecule has 0 bridgehead atoms. The first-order valence-electron chi connectivity index (χ1n) is 6.78. The van der Waals surface area contributed by atoms with E-state index in [1.54, 1.807) is 0 Å². The van der Waals surface area contributed by atoms with Crippen LogP contribution in [0.15, 0.2) is 24.3 Å². The molecule has 2 rings (SSSR count). The zero-order valence-electron chi connectivity index (χ0n) is 11.0. The molecule has 1 unspecified atom stereocenters. The van der Waals surface area contributed by atoms with Gasteiger partial charge in [0.15, 0.2) is 0 Å². The molecule has 1 aromatic rings. The van der Waals surface area contributed by atoms with Crippen LogP contribution in [0.1, 0.15) is 31.7 Å². The van der Waals surface area contributed by atoms with Gasteiger partial charge in [0.1, 0.15) is 0 Å². The number of hydrogen-bond acceptors (Lipinski definition) is 2. The zero-order valence-corrected chi connectivity index (χ0v) is 11.0. The van der Waals surface area contributed by atoms with E-state index in [1.807, 2.05) is 0 Å². The number of rotatable bonds is 5. The second-order valence-electron chi connectivity index (χ2n) is 5.12. The molecule has 2 nitrogen and oxygen atoms in total. The van der Waals surface area contributed by atoms with Gasteiger partial charge in [0.2, 0.25) is 0 Å². The van der Waals surface area contributed by atoms with Crippen LogP contribution in [0.25, 0.3) is 0 Å². The van der Waals surface area contributed by atoms with Crippen molar-refractivity contribution >= 4 is 5.69 Å². The van der Waals surface area contributed by atoms with E-state index in [1.165, 1.54) is 30.5 Å². The molecule has 17 heavy (non-hydrogen) atoms. The van der Waals surface area contributed by atoms with Crippen molar-refractivity contribution in [2.75, 3.05) is 18.5 Å². The van der Waals surface area contributed by atoms with Gasteiger partial charge in [-0.3, -0.25) is 0 Å². The second-order valence-corrected chi connectivity index (χ2v) is 5.12. The van der Waals surface area contributed by atoms with Crippen LogP contribution in [0.2, 0.25) is 0 Å². The monoisotopic (exact) mass is 232 g/mol. The molecule has 1 aliphatic carbocycles. The van der Waals surface area contributed by atoms with E-state index in [4.69, 9.17) is 5.73 Å². The molecule has 0 aromatic heterocycles. The minimum Gasteiger partial charge on any atom is -0.370 e. The lowest BCUT2D eigenvalue weighted by Gasteiger charge is -2.40. The molecule has 0 amide bonds. The van der Waals surface area contributed by atoms with Gasteiger partial charge < -0.3 is 10.6 Å². The third-order valence-corrected chi connectivity index (χ3v) is 4.18. The summed E-state index contributed by atoms with van der Waals surface area (Å²) in [5.41, 5.74) is 8.63. The first-order chi connectivity index (χ1) is 8.26. The first kappa shape index (κ1) is 12.4. The summed E-state index contributed by atoms with van der Waals surface area (Å²) in [4.78, 5) is 2.36. The molecule has 2 N–H and O–H groups in total. The van der Waals surface area contributed by atoms with Crippen molar-refractivity contribution in [3.63, 3.8) is 0 Å². The number of nitrogens with two attached hydrogens (primary N) is 1. The fourth-order valence-electron chi connectivity index (χ4n) is 2.65. The van der Waals surface area contributed by atoms with Crippen LogP contribution in [0, 0.1) is 5.92 Å². The SMILES string of the molecule is CCc1ccc(N(C)C(CN)C2CCC2)cc1. The number of likely N-dealkylation sites (N-methyl/N-ethyl adjacent to an activating group) is 1. The predicted molar refractivity (Wildman–Crippen MR) is 74.4 cm³/mol. The van der Waals surface area contributed by atoms with E-state index in [2.05, 4.69) is 43.1 Å². The average molecular weight is 232 g/mol. The summed E-state index contributed by atoms with van der Waals surface area (Å²) >= 11 is 0. The molecule has 1 fully saturated rings. The Morgan fingerprint density at radius 3 is 2.35 bits per heavy atom. The molecule has 0 aliphatic heterocycles. The normalized spacial score (nSPS) is 17.6. The van der Waals surface area contributed by atoms with Crippen molar-refractivity contribution < 1.29 is 0 Å². The highest BCUT2D eigenvalue weighted by molar-refractivity contribution is 5.48. The number of hydrogen-bond donors (Lipinski definition) is 1.